The van der Waals surface area contributed by atoms with E-state index < -0.39 is 5.97 Å². The van der Waals surface area contributed by atoms with Crippen LogP contribution in [0.4, 0.5) is 0 Å². The predicted octanol–water partition coefficient (Wildman–Crippen LogP) is 4.33. The predicted molar refractivity (Wildman–Crippen MR) is 110 cm³/mol. The van der Waals surface area contributed by atoms with Crippen LogP contribution >= 0.6 is 11.6 Å². The Hall–Kier alpha value is -2.60. The van der Waals surface area contributed by atoms with Gasteiger partial charge in [-0.1, -0.05) is 43.5 Å². The van der Waals surface area contributed by atoms with Crippen LogP contribution in [0.1, 0.15) is 43.9 Å². The molecule has 0 radical (unpaired) electrons. The number of halogens is 1. The number of carbonyl (C=O) groups is 1. The fraction of sp³-hybridized carbons (Fsp3) is 0.381. The van der Waals surface area contributed by atoms with Crippen molar-refractivity contribution in [2.45, 2.75) is 52.5 Å². The highest BCUT2D eigenvalue weighted by molar-refractivity contribution is 6.30. The lowest BCUT2D eigenvalue weighted by molar-refractivity contribution is -0.136. The van der Waals surface area contributed by atoms with Crippen LogP contribution in [0.3, 0.4) is 0 Å². The van der Waals surface area contributed by atoms with Gasteiger partial charge in [-0.25, -0.2) is 4.98 Å². The monoisotopic (exact) mass is 401 g/mol. The summed E-state index contributed by atoms with van der Waals surface area (Å²) >= 11 is 5.97. The van der Waals surface area contributed by atoms with Gasteiger partial charge in [-0.05, 0) is 31.9 Å². The minimum atomic E-state index is -0.913. The van der Waals surface area contributed by atoms with Crippen molar-refractivity contribution < 1.29 is 9.90 Å². The summed E-state index contributed by atoms with van der Waals surface area (Å²) in [6.07, 6.45) is 4.99. The van der Waals surface area contributed by atoms with Crippen LogP contribution in [-0.4, -0.2) is 25.0 Å². The van der Waals surface area contributed by atoms with Gasteiger partial charge in [0.2, 0.25) is 5.78 Å². The van der Waals surface area contributed by atoms with E-state index in [9.17, 15) is 9.59 Å². The second-order valence-electron chi connectivity index (χ2n) is 6.92. The van der Waals surface area contributed by atoms with Gasteiger partial charge in [0.05, 0.1) is 5.69 Å². The molecule has 0 unspecified atom stereocenters. The Bertz CT molecular complexity index is 1050. The highest BCUT2D eigenvalue weighted by Gasteiger charge is 2.18. The summed E-state index contributed by atoms with van der Waals surface area (Å²) in [5.74, 6) is -0.327. The Morgan fingerprint density at radius 1 is 1.21 bits per heavy atom. The number of aryl methyl sites for hydroxylation is 1. The van der Waals surface area contributed by atoms with Crippen molar-refractivity contribution in [3.05, 3.63) is 57.1 Å². The number of aliphatic carboxylic acids is 1. The lowest BCUT2D eigenvalue weighted by Gasteiger charge is -2.15. The summed E-state index contributed by atoms with van der Waals surface area (Å²) in [5.41, 5.74) is 2.69. The largest absolute Gasteiger partial charge is 0.481 e. The number of aromatic nitrogens is 3. The van der Waals surface area contributed by atoms with E-state index in [2.05, 4.69) is 6.92 Å². The molecular formula is C21H24ClN3O3. The molecule has 0 spiro atoms. The van der Waals surface area contributed by atoms with Gasteiger partial charge in [0.1, 0.15) is 0 Å². The van der Waals surface area contributed by atoms with Gasteiger partial charge < -0.3 is 9.67 Å². The van der Waals surface area contributed by atoms with Gasteiger partial charge in [0.15, 0.2) is 0 Å². The summed E-state index contributed by atoms with van der Waals surface area (Å²) in [6.45, 7) is 4.75. The minimum Gasteiger partial charge on any atom is -0.481 e. The second-order valence-corrected chi connectivity index (χ2v) is 7.36. The molecular weight excluding hydrogens is 378 g/mol. The van der Waals surface area contributed by atoms with E-state index in [4.69, 9.17) is 21.7 Å². The van der Waals surface area contributed by atoms with E-state index in [0.717, 1.165) is 37.1 Å². The maximum absolute atomic E-state index is 13.0. The van der Waals surface area contributed by atoms with Crippen LogP contribution in [0.5, 0.6) is 0 Å². The first-order chi connectivity index (χ1) is 13.4. The molecule has 1 N–H and O–H groups in total. The van der Waals surface area contributed by atoms with Crippen LogP contribution in [-0.2, 0) is 17.8 Å². The summed E-state index contributed by atoms with van der Waals surface area (Å²) in [5, 5.41) is 9.69. The number of carboxylic acid groups (broad SMARTS) is 1. The Labute approximate surface area is 168 Å². The third-order valence-corrected chi connectivity index (χ3v) is 5.21. The third-order valence-electron chi connectivity index (χ3n) is 4.96. The highest BCUT2D eigenvalue weighted by atomic mass is 35.5. The van der Waals surface area contributed by atoms with Gasteiger partial charge in [-0.3, -0.25) is 14.0 Å². The Balaban J connectivity index is 2.15. The average Bonchev–Trinajstić information content (AvgIpc) is 3.10. The molecule has 0 aliphatic heterocycles. The van der Waals surface area contributed by atoms with Crippen molar-refractivity contribution in [3.63, 3.8) is 0 Å². The van der Waals surface area contributed by atoms with Crippen LogP contribution in [0.15, 0.2) is 35.3 Å². The number of hydrogen-bond acceptors (Lipinski definition) is 3. The zero-order valence-corrected chi connectivity index (χ0v) is 16.9. The topological polar surface area (TPSA) is 76.6 Å². The van der Waals surface area contributed by atoms with Crippen molar-refractivity contribution >= 4 is 23.3 Å². The Kier molecular flexibility index (Phi) is 6.19. The molecule has 3 aromatic rings. The van der Waals surface area contributed by atoms with E-state index in [-0.39, 0.29) is 18.4 Å². The molecule has 148 valence electrons. The standard InChI is InChI=1S/C21H24ClN3O3/c1-3-4-5-12-24-14(2)17(10-11-19(26)27)20(28)25-13-18(23-21(24)25)15-6-8-16(22)9-7-15/h6-9,13H,3-5,10-12H2,1-2H3,(H,26,27). The molecule has 28 heavy (non-hydrogen) atoms. The molecule has 0 fully saturated rings. The van der Waals surface area contributed by atoms with Crippen LogP contribution in [0, 0.1) is 6.92 Å². The lowest BCUT2D eigenvalue weighted by Crippen LogP contribution is -2.25. The molecule has 1 aromatic carbocycles. The first-order valence-electron chi connectivity index (χ1n) is 9.51. The zero-order valence-electron chi connectivity index (χ0n) is 16.1. The average molecular weight is 402 g/mol. The van der Waals surface area contributed by atoms with Crippen LogP contribution in [0.2, 0.25) is 5.02 Å². The molecule has 7 heteroatoms. The first-order valence-corrected chi connectivity index (χ1v) is 9.89. The SMILES string of the molecule is CCCCCn1c(C)c(CCC(=O)O)c(=O)n2cc(-c3ccc(Cl)cc3)nc12. The fourth-order valence-electron chi connectivity index (χ4n) is 3.39. The summed E-state index contributed by atoms with van der Waals surface area (Å²) < 4.78 is 3.58. The number of rotatable bonds is 8. The van der Waals surface area contributed by atoms with E-state index in [1.165, 1.54) is 0 Å². The second kappa shape index (κ2) is 8.61. The number of carboxylic acids is 1. The summed E-state index contributed by atoms with van der Waals surface area (Å²) in [7, 11) is 0. The molecule has 6 nitrogen and oxygen atoms in total. The molecule has 0 atom stereocenters. The maximum Gasteiger partial charge on any atom is 0.303 e. The molecule has 0 bridgehead atoms. The summed E-state index contributed by atoms with van der Waals surface area (Å²) in [6, 6.07) is 7.32. The van der Waals surface area contributed by atoms with Gasteiger partial charge in [-0.15, -0.1) is 0 Å². The third kappa shape index (κ3) is 4.12. The number of unbranched alkanes of at least 4 members (excludes halogenated alkanes) is 2. The quantitative estimate of drug-likeness (QED) is 0.570. The summed E-state index contributed by atoms with van der Waals surface area (Å²) in [4.78, 5) is 28.8. The number of hydrogen-bond donors (Lipinski definition) is 1. The van der Waals surface area contributed by atoms with Crippen molar-refractivity contribution in [2.24, 2.45) is 0 Å². The van der Waals surface area contributed by atoms with E-state index in [1.54, 1.807) is 22.7 Å². The zero-order chi connectivity index (χ0) is 20.3. The number of nitrogens with zero attached hydrogens (tertiary/aromatic N) is 3. The molecule has 0 saturated heterocycles. The fourth-order valence-corrected chi connectivity index (χ4v) is 3.52. The maximum atomic E-state index is 13.0. The molecule has 2 aromatic heterocycles. The van der Waals surface area contributed by atoms with Crippen LogP contribution in [0.25, 0.3) is 17.0 Å². The van der Waals surface area contributed by atoms with E-state index >= 15 is 0 Å². The van der Waals surface area contributed by atoms with Crippen molar-refractivity contribution in [2.75, 3.05) is 0 Å². The van der Waals surface area contributed by atoms with Crippen LogP contribution < -0.4 is 5.56 Å². The Morgan fingerprint density at radius 2 is 1.93 bits per heavy atom. The normalized spacial score (nSPS) is 11.2. The van der Waals surface area contributed by atoms with Crippen molar-refractivity contribution in [3.8, 4) is 11.3 Å². The van der Waals surface area contributed by atoms with E-state index in [0.29, 0.717) is 22.1 Å². The van der Waals surface area contributed by atoms with Gasteiger partial charge in [0.25, 0.3) is 5.56 Å². The minimum absolute atomic E-state index is 0.0741. The number of fused-ring (bicyclic) bond motifs is 1. The molecule has 0 aliphatic rings. The van der Waals surface area contributed by atoms with Gasteiger partial charge >= 0.3 is 5.97 Å². The van der Waals surface area contributed by atoms with E-state index in [1.807, 2.05) is 23.6 Å². The molecule has 0 amide bonds. The lowest BCUT2D eigenvalue weighted by atomic mass is 10.1. The molecule has 2 heterocycles. The van der Waals surface area contributed by atoms with Crippen molar-refractivity contribution in [1.82, 2.24) is 14.0 Å². The number of imidazole rings is 1. The van der Waals surface area contributed by atoms with Gasteiger partial charge in [0, 0.05) is 41.0 Å². The van der Waals surface area contributed by atoms with Gasteiger partial charge in [-0.2, -0.15) is 0 Å². The molecule has 3 rings (SSSR count). The highest BCUT2D eigenvalue weighted by Crippen LogP contribution is 2.22. The Morgan fingerprint density at radius 3 is 2.57 bits per heavy atom. The smallest absolute Gasteiger partial charge is 0.303 e. The first kappa shape index (κ1) is 20.1. The van der Waals surface area contributed by atoms with Crippen molar-refractivity contribution in [1.29, 1.82) is 0 Å². The number of benzene rings is 1. The molecule has 0 saturated carbocycles. The molecule has 0 aliphatic carbocycles.